The zero-order valence-electron chi connectivity index (χ0n) is 16.9. The lowest BCUT2D eigenvalue weighted by Gasteiger charge is -2.36. The second-order valence-corrected chi connectivity index (χ2v) is 8.59. The summed E-state index contributed by atoms with van der Waals surface area (Å²) < 4.78 is 0. The van der Waals surface area contributed by atoms with E-state index in [9.17, 15) is 0 Å². The first kappa shape index (κ1) is 19.1. The van der Waals surface area contributed by atoms with Gasteiger partial charge in [-0.05, 0) is 67.2 Å². The molecule has 0 amide bonds. The molecule has 0 radical (unpaired) electrons. The average molecular weight is 353 g/mol. The Labute approximate surface area is 159 Å². The third kappa shape index (κ3) is 3.08. The van der Waals surface area contributed by atoms with Gasteiger partial charge in [0.05, 0.1) is 0 Å². The lowest BCUT2D eigenvalue weighted by atomic mass is 9.68. The van der Waals surface area contributed by atoms with E-state index >= 15 is 0 Å². The van der Waals surface area contributed by atoms with Crippen LogP contribution < -0.4 is 11.5 Å². The molecule has 2 atom stereocenters. The second kappa shape index (κ2) is 7.50. The van der Waals surface area contributed by atoms with E-state index in [-0.39, 0.29) is 5.41 Å². The number of benzene rings is 1. The molecule has 0 heterocycles. The summed E-state index contributed by atoms with van der Waals surface area (Å²) in [7, 11) is 0. The molecule has 1 saturated carbocycles. The third-order valence-corrected chi connectivity index (χ3v) is 6.87. The van der Waals surface area contributed by atoms with Gasteiger partial charge in [-0.15, -0.1) is 0 Å². The Bertz CT molecular complexity index is 677. The molecule has 1 aromatic rings. The highest BCUT2D eigenvalue weighted by Crippen LogP contribution is 2.65. The maximum absolute atomic E-state index is 6.31. The summed E-state index contributed by atoms with van der Waals surface area (Å²) in [6.07, 6.45) is 14.5. The zero-order chi connectivity index (χ0) is 18.8. The summed E-state index contributed by atoms with van der Waals surface area (Å²) >= 11 is 0. The fourth-order valence-electron chi connectivity index (χ4n) is 6.12. The van der Waals surface area contributed by atoms with Crippen LogP contribution in [0.2, 0.25) is 0 Å². The Balaban J connectivity index is 2.18. The molecular weight excluding hydrogens is 316 g/mol. The first-order chi connectivity index (χ1) is 12.5. The van der Waals surface area contributed by atoms with Crippen molar-refractivity contribution in [3.63, 3.8) is 0 Å². The van der Waals surface area contributed by atoms with Crippen LogP contribution in [0.15, 0.2) is 47.7 Å². The minimum Gasteiger partial charge on any atom is -0.399 e. The fraction of sp³-hybridized carbons (Fsp3) is 0.583. The van der Waals surface area contributed by atoms with E-state index in [0.717, 1.165) is 17.8 Å². The molecule has 2 nitrogen and oxygen atoms in total. The number of hydrogen-bond donors (Lipinski definition) is 2. The number of hydrogen-bond acceptors (Lipinski definition) is 2. The monoisotopic (exact) mass is 352 g/mol. The Hall–Kier alpha value is -1.70. The summed E-state index contributed by atoms with van der Waals surface area (Å²) in [5, 5.41) is 0. The smallest absolute Gasteiger partial charge is 0.0314 e. The summed E-state index contributed by atoms with van der Waals surface area (Å²) in [5.74, 6) is 0.638. The molecule has 0 saturated heterocycles. The van der Waals surface area contributed by atoms with Gasteiger partial charge in [0.2, 0.25) is 0 Å². The maximum atomic E-state index is 6.31. The topological polar surface area (TPSA) is 52.0 Å². The van der Waals surface area contributed by atoms with Crippen molar-refractivity contribution in [2.75, 3.05) is 5.73 Å². The van der Waals surface area contributed by atoms with Crippen molar-refractivity contribution in [2.24, 2.45) is 17.1 Å². The molecule has 4 N–H and O–H groups in total. The van der Waals surface area contributed by atoms with Crippen molar-refractivity contribution < 1.29 is 0 Å². The largest absolute Gasteiger partial charge is 0.399 e. The molecule has 0 spiro atoms. The van der Waals surface area contributed by atoms with Gasteiger partial charge in [-0.3, -0.25) is 0 Å². The zero-order valence-corrected chi connectivity index (χ0v) is 16.9. The second-order valence-electron chi connectivity index (χ2n) is 8.59. The third-order valence-electron chi connectivity index (χ3n) is 6.87. The van der Waals surface area contributed by atoms with Gasteiger partial charge >= 0.3 is 0 Å². The first-order valence-electron chi connectivity index (χ1n) is 10.5. The molecule has 2 aliphatic rings. The molecule has 2 aliphatic carbocycles. The van der Waals surface area contributed by atoms with Crippen LogP contribution in [0.5, 0.6) is 0 Å². The van der Waals surface area contributed by atoms with Gasteiger partial charge in [0.25, 0.3) is 0 Å². The molecule has 2 unspecified atom stereocenters. The highest BCUT2D eigenvalue weighted by atomic mass is 14.6. The molecule has 0 aliphatic heterocycles. The lowest BCUT2D eigenvalue weighted by Crippen LogP contribution is -2.28. The van der Waals surface area contributed by atoms with Gasteiger partial charge in [0, 0.05) is 16.8 Å². The summed E-state index contributed by atoms with van der Waals surface area (Å²) in [5.41, 5.74) is 17.7. The molecule has 1 fully saturated rings. The minimum atomic E-state index is 0.121. The van der Waals surface area contributed by atoms with Gasteiger partial charge in [0.15, 0.2) is 0 Å². The highest BCUT2D eigenvalue weighted by Gasteiger charge is 2.56. The van der Waals surface area contributed by atoms with E-state index in [0.29, 0.717) is 11.3 Å². The maximum Gasteiger partial charge on any atom is 0.0314 e. The predicted octanol–water partition coefficient (Wildman–Crippen LogP) is 6.09. The number of allylic oxidation sites excluding steroid dienone is 3. The molecule has 1 aromatic carbocycles. The van der Waals surface area contributed by atoms with Crippen LogP contribution in [-0.2, 0) is 5.41 Å². The van der Waals surface area contributed by atoms with E-state index in [4.69, 9.17) is 11.5 Å². The molecule has 0 aromatic heterocycles. The van der Waals surface area contributed by atoms with Crippen LogP contribution in [-0.4, -0.2) is 0 Å². The Morgan fingerprint density at radius 3 is 2.12 bits per heavy atom. The number of fused-ring (bicyclic) bond motifs is 1. The molecule has 2 heteroatoms. The van der Waals surface area contributed by atoms with Gasteiger partial charge in [-0.1, -0.05) is 63.8 Å². The number of nitrogen functional groups attached to an aromatic ring is 1. The van der Waals surface area contributed by atoms with Gasteiger partial charge in [0.1, 0.15) is 0 Å². The van der Waals surface area contributed by atoms with Crippen molar-refractivity contribution >= 4 is 5.69 Å². The minimum absolute atomic E-state index is 0.121. The first-order valence-corrected chi connectivity index (χ1v) is 10.5. The van der Waals surface area contributed by atoms with E-state index in [1.54, 1.807) is 5.57 Å². The standard InChI is InChI=1S/C24H36N2/c1-4-13-23(14-5-2)17-24(15-6-3,18-7-9-19(25)10-8-18)22-16-20(26)11-12-21(22)23/h7-11,16,21H,4-6,12-15,17,25-26H2,1-3H3. The van der Waals surface area contributed by atoms with Crippen LogP contribution in [0, 0.1) is 11.3 Å². The Morgan fingerprint density at radius 2 is 1.54 bits per heavy atom. The van der Waals surface area contributed by atoms with Crippen LogP contribution in [0.25, 0.3) is 0 Å². The van der Waals surface area contributed by atoms with Crippen molar-refractivity contribution in [1.82, 2.24) is 0 Å². The Morgan fingerprint density at radius 1 is 0.923 bits per heavy atom. The van der Waals surface area contributed by atoms with E-state index in [2.05, 4.69) is 57.2 Å². The fourth-order valence-corrected chi connectivity index (χ4v) is 6.12. The number of rotatable bonds is 7. The van der Waals surface area contributed by atoms with Gasteiger partial charge in [-0.2, -0.15) is 0 Å². The van der Waals surface area contributed by atoms with Crippen molar-refractivity contribution in [2.45, 2.75) is 77.6 Å². The summed E-state index contributed by atoms with van der Waals surface area (Å²) in [4.78, 5) is 0. The number of anilines is 1. The normalized spacial score (nSPS) is 27.0. The van der Waals surface area contributed by atoms with Gasteiger partial charge < -0.3 is 11.5 Å². The van der Waals surface area contributed by atoms with Crippen LogP contribution >= 0.6 is 0 Å². The van der Waals surface area contributed by atoms with E-state index in [1.807, 2.05) is 0 Å². The van der Waals surface area contributed by atoms with Crippen molar-refractivity contribution in [3.8, 4) is 0 Å². The predicted molar refractivity (Wildman–Crippen MR) is 113 cm³/mol. The van der Waals surface area contributed by atoms with Gasteiger partial charge in [-0.25, -0.2) is 0 Å². The molecular formula is C24H36N2. The Kier molecular flexibility index (Phi) is 5.50. The van der Waals surface area contributed by atoms with Crippen molar-refractivity contribution in [3.05, 3.63) is 53.3 Å². The average Bonchev–Trinajstić information content (AvgIpc) is 2.87. The quantitative estimate of drug-likeness (QED) is 0.584. The molecule has 142 valence electrons. The van der Waals surface area contributed by atoms with Crippen LogP contribution in [0.1, 0.15) is 77.7 Å². The van der Waals surface area contributed by atoms with E-state index < -0.39 is 0 Å². The molecule has 26 heavy (non-hydrogen) atoms. The van der Waals surface area contributed by atoms with E-state index in [1.165, 1.54) is 50.5 Å². The lowest BCUT2D eigenvalue weighted by molar-refractivity contribution is 0.162. The highest BCUT2D eigenvalue weighted by molar-refractivity contribution is 5.50. The van der Waals surface area contributed by atoms with Crippen molar-refractivity contribution in [1.29, 1.82) is 0 Å². The molecule has 0 bridgehead atoms. The molecule has 3 rings (SSSR count). The number of nitrogens with two attached hydrogens (primary N) is 2. The SMILES string of the molecule is CCCC1(c2ccc(N)cc2)CC(CCC)(CCC)C2CC=C(N)C=C21. The van der Waals surface area contributed by atoms with Crippen LogP contribution in [0.4, 0.5) is 5.69 Å². The summed E-state index contributed by atoms with van der Waals surface area (Å²) in [6, 6.07) is 8.69. The van der Waals surface area contributed by atoms with Crippen LogP contribution in [0.3, 0.4) is 0 Å². The summed E-state index contributed by atoms with van der Waals surface area (Å²) in [6.45, 7) is 7.00.